The van der Waals surface area contributed by atoms with Crippen molar-refractivity contribution in [3.8, 4) is 0 Å². The summed E-state index contributed by atoms with van der Waals surface area (Å²) in [6, 6.07) is 13.6. The first kappa shape index (κ1) is 17.3. The summed E-state index contributed by atoms with van der Waals surface area (Å²) in [7, 11) is 1.98. The molecule has 4 aromatic rings. The van der Waals surface area contributed by atoms with Crippen LogP contribution in [0.5, 0.6) is 0 Å². The zero-order valence-electron chi connectivity index (χ0n) is 13.7. The van der Waals surface area contributed by atoms with E-state index in [1.54, 1.807) is 12.3 Å². The first-order valence-corrected chi connectivity index (χ1v) is 9.66. The molecule has 5 nitrogen and oxygen atoms in total. The fraction of sp³-hybridized carbons (Fsp3) is 0.0526. The number of nitrogens with one attached hydrogen (secondary N) is 1. The number of furan rings is 1. The molecule has 0 unspecified atom stereocenters. The average molecular weight is 522 g/mol. The van der Waals surface area contributed by atoms with Crippen LogP contribution >= 0.6 is 38.5 Å². The van der Waals surface area contributed by atoms with Crippen LogP contribution in [0.4, 0.5) is 0 Å². The number of hydrazone groups is 1. The van der Waals surface area contributed by atoms with Gasteiger partial charge in [-0.2, -0.15) is 5.10 Å². The Morgan fingerprint density at radius 3 is 2.96 bits per heavy atom. The number of rotatable bonds is 3. The summed E-state index contributed by atoms with van der Waals surface area (Å²) in [6.07, 6.45) is 3.62. The summed E-state index contributed by atoms with van der Waals surface area (Å²) >= 11 is 5.63. The molecule has 0 spiro atoms. The molecule has 2 aromatic carbocycles. The molecule has 0 radical (unpaired) electrons. The second kappa shape index (κ2) is 6.88. The molecule has 0 aliphatic carbocycles. The van der Waals surface area contributed by atoms with E-state index in [4.69, 9.17) is 4.42 Å². The lowest BCUT2D eigenvalue weighted by Crippen LogP contribution is -2.16. The Hall–Kier alpha value is -2.13. The Labute approximate surface area is 171 Å². The summed E-state index contributed by atoms with van der Waals surface area (Å²) in [4.78, 5) is 12.3. The van der Waals surface area contributed by atoms with E-state index in [1.807, 2.05) is 54.2 Å². The van der Waals surface area contributed by atoms with Gasteiger partial charge in [-0.05, 0) is 46.9 Å². The maximum atomic E-state index is 12.3. The third-order valence-electron chi connectivity index (χ3n) is 4.06. The molecule has 7 heteroatoms. The molecule has 2 heterocycles. The third-order valence-corrected chi connectivity index (χ3v) is 5.32. The summed E-state index contributed by atoms with van der Waals surface area (Å²) < 4.78 is 9.58. The van der Waals surface area contributed by atoms with Crippen molar-refractivity contribution in [3.05, 3.63) is 68.0 Å². The molecule has 1 N–H and O–H groups in total. The molecule has 0 saturated carbocycles. The van der Waals surface area contributed by atoms with Crippen LogP contribution in [0.1, 0.15) is 16.1 Å². The number of carbonyl (C=O) groups is 1. The van der Waals surface area contributed by atoms with Gasteiger partial charge in [-0.15, -0.1) is 0 Å². The number of para-hydroxylation sites is 1. The van der Waals surface area contributed by atoms with Crippen molar-refractivity contribution in [2.75, 3.05) is 0 Å². The Morgan fingerprint density at radius 1 is 1.31 bits per heavy atom. The highest BCUT2D eigenvalue weighted by molar-refractivity contribution is 14.1. The van der Waals surface area contributed by atoms with E-state index in [2.05, 4.69) is 49.0 Å². The standard InChI is InChI=1S/C19H13BrIN3O2/c1-24-10-12(14-4-2-3-5-16(14)24)9-22-23-19(25)17-7-11-6-13(20)8-15(21)18(11)26-17/h2-10H,1H3,(H,23,25)/b22-9-. The molecule has 1 amide bonds. The lowest BCUT2D eigenvalue weighted by Gasteiger charge is -1.95. The zero-order valence-corrected chi connectivity index (χ0v) is 17.4. The van der Waals surface area contributed by atoms with Crippen molar-refractivity contribution in [1.82, 2.24) is 9.99 Å². The second-order valence-corrected chi connectivity index (χ2v) is 7.91. The lowest BCUT2D eigenvalue weighted by atomic mass is 10.2. The molecular formula is C19H13BrIN3O2. The minimum atomic E-state index is -0.385. The highest BCUT2D eigenvalue weighted by Crippen LogP contribution is 2.28. The molecule has 26 heavy (non-hydrogen) atoms. The molecule has 0 atom stereocenters. The number of benzene rings is 2. The minimum Gasteiger partial charge on any atom is -0.450 e. The van der Waals surface area contributed by atoms with Gasteiger partial charge >= 0.3 is 5.91 Å². The molecule has 0 aliphatic rings. The van der Waals surface area contributed by atoms with Crippen LogP contribution in [0, 0.1) is 3.57 Å². The third kappa shape index (κ3) is 3.16. The molecule has 0 fully saturated rings. The first-order valence-electron chi connectivity index (χ1n) is 7.79. The fourth-order valence-corrected chi connectivity index (χ4v) is 4.54. The number of nitrogens with zero attached hydrogens (tertiary/aromatic N) is 2. The molecule has 0 bridgehead atoms. The number of carbonyl (C=O) groups excluding carboxylic acids is 1. The van der Waals surface area contributed by atoms with E-state index in [0.717, 1.165) is 29.9 Å². The van der Waals surface area contributed by atoms with E-state index in [1.165, 1.54) is 0 Å². The van der Waals surface area contributed by atoms with Crippen LogP contribution in [0.25, 0.3) is 21.9 Å². The van der Waals surface area contributed by atoms with Crippen LogP contribution < -0.4 is 5.43 Å². The van der Waals surface area contributed by atoms with Crippen molar-refractivity contribution in [3.63, 3.8) is 0 Å². The van der Waals surface area contributed by atoms with Crippen molar-refractivity contribution in [1.29, 1.82) is 0 Å². The van der Waals surface area contributed by atoms with E-state index in [9.17, 15) is 4.79 Å². The molecule has 4 rings (SSSR count). The van der Waals surface area contributed by atoms with Gasteiger partial charge in [0.25, 0.3) is 0 Å². The number of aryl methyl sites for hydroxylation is 1. The van der Waals surface area contributed by atoms with E-state index < -0.39 is 0 Å². The topological polar surface area (TPSA) is 59.5 Å². The number of amides is 1. The Kier molecular flexibility index (Phi) is 4.58. The monoisotopic (exact) mass is 521 g/mol. The van der Waals surface area contributed by atoms with Crippen LogP contribution in [0.15, 0.2) is 62.7 Å². The quantitative estimate of drug-likeness (QED) is 0.233. The number of halogens is 2. The van der Waals surface area contributed by atoms with Crippen molar-refractivity contribution < 1.29 is 9.21 Å². The van der Waals surface area contributed by atoms with Crippen molar-refractivity contribution in [2.45, 2.75) is 0 Å². The highest BCUT2D eigenvalue weighted by atomic mass is 127. The fourth-order valence-electron chi connectivity index (χ4n) is 2.88. The second-order valence-electron chi connectivity index (χ2n) is 5.83. The molecule has 0 aliphatic heterocycles. The van der Waals surface area contributed by atoms with Gasteiger partial charge in [0.15, 0.2) is 5.76 Å². The SMILES string of the molecule is Cn1cc(/C=N\NC(=O)c2cc3cc(Br)cc(I)c3o2)c2ccccc21. The first-order chi connectivity index (χ1) is 12.5. The molecule has 2 aromatic heterocycles. The van der Waals surface area contributed by atoms with Crippen LogP contribution in [-0.4, -0.2) is 16.7 Å². The van der Waals surface area contributed by atoms with Crippen LogP contribution in [0.2, 0.25) is 0 Å². The summed E-state index contributed by atoms with van der Waals surface area (Å²) in [6.45, 7) is 0. The summed E-state index contributed by atoms with van der Waals surface area (Å²) in [5, 5.41) is 6.03. The molecule has 130 valence electrons. The lowest BCUT2D eigenvalue weighted by molar-refractivity contribution is 0.0929. The maximum Gasteiger partial charge on any atom is 0.307 e. The number of hydrogen-bond donors (Lipinski definition) is 1. The van der Waals surface area contributed by atoms with Gasteiger partial charge in [-0.1, -0.05) is 34.1 Å². The predicted molar refractivity (Wildman–Crippen MR) is 115 cm³/mol. The van der Waals surface area contributed by atoms with Crippen LogP contribution in [0.3, 0.4) is 0 Å². The van der Waals surface area contributed by atoms with E-state index in [0.29, 0.717) is 5.58 Å². The van der Waals surface area contributed by atoms with Crippen molar-refractivity contribution >= 4 is 72.5 Å². The van der Waals surface area contributed by atoms with Crippen LogP contribution in [-0.2, 0) is 7.05 Å². The van der Waals surface area contributed by atoms with Gasteiger partial charge in [-0.25, -0.2) is 5.43 Å². The van der Waals surface area contributed by atoms with Gasteiger partial charge in [0.05, 0.1) is 9.78 Å². The number of fused-ring (bicyclic) bond motifs is 2. The van der Waals surface area contributed by atoms with Gasteiger partial charge < -0.3 is 8.98 Å². The average Bonchev–Trinajstić information content (AvgIpc) is 3.17. The summed E-state index contributed by atoms with van der Waals surface area (Å²) in [5.41, 5.74) is 5.27. The number of aromatic nitrogens is 1. The predicted octanol–water partition coefficient (Wildman–Crippen LogP) is 5.06. The Bertz CT molecular complexity index is 1180. The minimum absolute atomic E-state index is 0.228. The van der Waals surface area contributed by atoms with Crippen molar-refractivity contribution in [2.24, 2.45) is 12.1 Å². The van der Waals surface area contributed by atoms with E-state index >= 15 is 0 Å². The molecular weight excluding hydrogens is 509 g/mol. The van der Waals surface area contributed by atoms with Gasteiger partial charge in [0.2, 0.25) is 0 Å². The van der Waals surface area contributed by atoms with Gasteiger partial charge in [-0.3, -0.25) is 4.79 Å². The molecule has 0 saturated heterocycles. The maximum absolute atomic E-state index is 12.3. The van der Waals surface area contributed by atoms with Gasteiger partial charge in [0.1, 0.15) is 5.58 Å². The summed E-state index contributed by atoms with van der Waals surface area (Å²) in [5.74, 6) is -0.157. The normalized spacial score (nSPS) is 11.7. The van der Waals surface area contributed by atoms with E-state index in [-0.39, 0.29) is 11.7 Å². The Morgan fingerprint density at radius 2 is 2.12 bits per heavy atom. The highest BCUT2D eigenvalue weighted by Gasteiger charge is 2.14. The largest absolute Gasteiger partial charge is 0.450 e. The Balaban J connectivity index is 1.57. The zero-order chi connectivity index (χ0) is 18.3. The smallest absolute Gasteiger partial charge is 0.307 e. The van der Waals surface area contributed by atoms with Gasteiger partial charge in [0, 0.05) is 39.6 Å². The number of hydrogen-bond acceptors (Lipinski definition) is 3.